The minimum Gasteiger partial charge on any atom is -0.396 e. The number of nitrogens with one attached hydrogen (secondary N) is 1. The van der Waals surface area contributed by atoms with Crippen molar-refractivity contribution in [2.45, 2.75) is 39.2 Å². The highest BCUT2D eigenvalue weighted by atomic mass is 16.3. The summed E-state index contributed by atoms with van der Waals surface area (Å²) in [6, 6.07) is 4.66. The molecule has 0 radical (unpaired) electrons. The lowest BCUT2D eigenvalue weighted by Crippen LogP contribution is -2.23. The summed E-state index contributed by atoms with van der Waals surface area (Å²) in [5.74, 6) is 0.421. The van der Waals surface area contributed by atoms with Gasteiger partial charge in [0.1, 0.15) is 0 Å². The first-order valence-corrected chi connectivity index (χ1v) is 7.83. The molecule has 1 aliphatic heterocycles. The molecule has 0 aliphatic carbocycles. The van der Waals surface area contributed by atoms with Crippen LogP contribution in [-0.2, 0) is 0 Å². The highest BCUT2D eigenvalue weighted by molar-refractivity contribution is 5.45. The number of anilines is 1. The van der Waals surface area contributed by atoms with Gasteiger partial charge in [-0.25, -0.2) is 0 Å². The van der Waals surface area contributed by atoms with Crippen molar-refractivity contribution in [3.63, 3.8) is 0 Å². The summed E-state index contributed by atoms with van der Waals surface area (Å²) in [6.07, 6.45) is 5.26. The molecule has 2 rings (SSSR count). The van der Waals surface area contributed by atoms with Crippen molar-refractivity contribution in [3.05, 3.63) is 24.0 Å². The molecule has 1 aromatic rings. The Hall–Kier alpha value is -1.13. The predicted octanol–water partition coefficient (Wildman–Crippen LogP) is 2.35. The van der Waals surface area contributed by atoms with Crippen LogP contribution in [0.3, 0.4) is 0 Å². The summed E-state index contributed by atoms with van der Waals surface area (Å²) < 4.78 is 0. The molecule has 2 unspecified atom stereocenters. The number of pyridine rings is 1. The van der Waals surface area contributed by atoms with Crippen molar-refractivity contribution < 1.29 is 5.11 Å². The van der Waals surface area contributed by atoms with Crippen LogP contribution in [0.5, 0.6) is 0 Å². The zero-order valence-electron chi connectivity index (χ0n) is 12.7. The van der Waals surface area contributed by atoms with E-state index in [1.165, 1.54) is 5.69 Å². The Kier molecular flexibility index (Phi) is 5.80. The van der Waals surface area contributed by atoms with Gasteiger partial charge in [0.15, 0.2) is 0 Å². The van der Waals surface area contributed by atoms with Crippen LogP contribution in [0.2, 0.25) is 0 Å². The molecular formula is C16H27N3O. The van der Waals surface area contributed by atoms with Gasteiger partial charge in [0.05, 0.1) is 17.6 Å². The second kappa shape index (κ2) is 7.60. The third-order valence-corrected chi connectivity index (χ3v) is 4.09. The first-order valence-electron chi connectivity index (χ1n) is 7.83. The van der Waals surface area contributed by atoms with Gasteiger partial charge in [-0.2, -0.15) is 0 Å². The summed E-state index contributed by atoms with van der Waals surface area (Å²) in [7, 11) is 0. The molecule has 4 heteroatoms. The molecule has 0 aromatic carbocycles. The van der Waals surface area contributed by atoms with Gasteiger partial charge in [-0.3, -0.25) is 4.98 Å². The van der Waals surface area contributed by atoms with E-state index in [0.717, 1.165) is 44.6 Å². The molecule has 0 spiro atoms. The molecule has 112 valence electrons. The Morgan fingerprint density at radius 1 is 1.45 bits per heavy atom. The minimum absolute atomic E-state index is 0.293. The van der Waals surface area contributed by atoms with Gasteiger partial charge in [-0.1, -0.05) is 13.8 Å². The molecular weight excluding hydrogens is 250 g/mol. The molecule has 1 saturated heterocycles. The van der Waals surface area contributed by atoms with Crippen molar-refractivity contribution in [1.82, 2.24) is 10.3 Å². The van der Waals surface area contributed by atoms with Crippen LogP contribution in [0.25, 0.3) is 0 Å². The van der Waals surface area contributed by atoms with E-state index in [9.17, 15) is 5.11 Å². The van der Waals surface area contributed by atoms with Crippen LogP contribution in [-0.4, -0.2) is 36.3 Å². The Morgan fingerprint density at radius 3 is 2.85 bits per heavy atom. The highest BCUT2D eigenvalue weighted by Crippen LogP contribution is 2.24. The lowest BCUT2D eigenvalue weighted by atomic mass is 10.1. The number of aliphatic hydroxyl groups excluding tert-OH is 1. The van der Waals surface area contributed by atoms with Crippen LogP contribution in [0.1, 0.15) is 44.8 Å². The summed E-state index contributed by atoms with van der Waals surface area (Å²) in [6.45, 7) is 7.67. The largest absolute Gasteiger partial charge is 0.396 e. The average molecular weight is 277 g/mol. The summed E-state index contributed by atoms with van der Waals surface area (Å²) in [5, 5.41) is 12.7. The second-order valence-corrected chi connectivity index (χ2v) is 5.64. The molecule has 1 aliphatic rings. The van der Waals surface area contributed by atoms with E-state index >= 15 is 0 Å². The van der Waals surface area contributed by atoms with Gasteiger partial charge in [-0.15, -0.1) is 0 Å². The van der Waals surface area contributed by atoms with E-state index in [2.05, 4.69) is 41.2 Å². The third-order valence-electron chi connectivity index (χ3n) is 4.09. The van der Waals surface area contributed by atoms with E-state index in [1.54, 1.807) is 0 Å². The molecule has 4 nitrogen and oxygen atoms in total. The summed E-state index contributed by atoms with van der Waals surface area (Å²) >= 11 is 0. The maximum absolute atomic E-state index is 9.21. The van der Waals surface area contributed by atoms with Gasteiger partial charge >= 0.3 is 0 Å². The lowest BCUT2D eigenvalue weighted by molar-refractivity contribution is 0.238. The standard InChI is InChI=1S/C16H27N3O/c1-3-8-17-15(4-2)16-6-5-14(10-18-16)19-9-7-13(11-19)12-20/h5-6,10,13,15,17,20H,3-4,7-9,11-12H2,1-2H3. The minimum atomic E-state index is 0.293. The fraction of sp³-hybridized carbons (Fsp3) is 0.688. The van der Waals surface area contributed by atoms with E-state index in [0.29, 0.717) is 18.6 Å². The fourth-order valence-electron chi connectivity index (χ4n) is 2.78. The SMILES string of the molecule is CCCNC(CC)c1ccc(N2CCC(CO)C2)cn1. The van der Waals surface area contributed by atoms with E-state index in [4.69, 9.17) is 0 Å². The molecule has 0 saturated carbocycles. The maximum atomic E-state index is 9.21. The van der Waals surface area contributed by atoms with Crippen LogP contribution in [0, 0.1) is 5.92 Å². The number of aliphatic hydroxyl groups is 1. The third kappa shape index (κ3) is 3.70. The zero-order chi connectivity index (χ0) is 14.4. The molecule has 0 amide bonds. The maximum Gasteiger partial charge on any atom is 0.0574 e. The molecule has 2 heterocycles. The fourth-order valence-corrected chi connectivity index (χ4v) is 2.78. The average Bonchev–Trinajstić information content (AvgIpc) is 2.97. The first kappa shape index (κ1) is 15.3. The number of hydrogen-bond donors (Lipinski definition) is 2. The smallest absolute Gasteiger partial charge is 0.0574 e. The Labute approximate surface area is 122 Å². The lowest BCUT2D eigenvalue weighted by Gasteiger charge is -2.20. The van der Waals surface area contributed by atoms with Crippen LogP contribution < -0.4 is 10.2 Å². The van der Waals surface area contributed by atoms with Crippen molar-refractivity contribution in [2.24, 2.45) is 5.92 Å². The molecule has 1 fully saturated rings. The number of nitrogens with zero attached hydrogens (tertiary/aromatic N) is 2. The van der Waals surface area contributed by atoms with E-state index in [-0.39, 0.29) is 0 Å². The van der Waals surface area contributed by atoms with E-state index in [1.807, 2.05) is 6.20 Å². The molecule has 1 aromatic heterocycles. The monoisotopic (exact) mass is 277 g/mol. The molecule has 2 N–H and O–H groups in total. The van der Waals surface area contributed by atoms with Gasteiger partial charge in [0.25, 0.3) is 0 Å². The van der Waals surface area contributed by atoms with Crippen LogP contribution in [0.15, 0.2) is 18.3 Å². The Morgan fingerprint density at radius 2 is 2.30 bits per heavy atom. The van der Waals surface area contributed by atoms with Gasteiger partial charge in [0, 0.05) is 31.7 Å². The normalized spacial score (nSPS) is 20.4. The quantitative estimate of drug-likeness (QED) is 0.803. The zero-order valence-corrected chi connectivity index (χ0v) is 12.7. The summed E-state index contributed by atoms with van der Waals surface area (Å²) in [4.78, 5) is 6.95. The van der Waals surface area contributed by atoms with Crippen LogP contribution in [0.4, 0.5) is 5.69 Å². The molecule has 20 heavy (non-hydrogen) atoms. The highest BCUT2D eigenvalue weighted by Gasteiger charge is 2.22. The predicted molar refractivity (Wildman–Crippen MR) is 83.0 cm³/mol. The second-order valence-electron chi connectivity index (χ2n) is 5.64. The van der Waals surface area contributed by atoms with Gasteiger partial charge in [-0.05, 0) is 37.9 Å². The summed E-state index contributed by atoms with van der Waals surface area (Å²) in [5.41, 5.74) is 2.30. The Balaban J connectivity index is 1.98. The topological polar surface area (TPSA) is 48.4 Å². The number of hydrogen-bond acceptors (Lipinski definition) is 4. The van der Waals surface area contributed by atoms with E-state index < -0.39 is 0 Å². The Bertz CT molecular complexity index is 372. The molecule has 2 atom stereocenters. The number of rotatable bonds is 7. The van der Waals surface area contributed by atoms with Gasteiger partial charge < -0.3 is 15.3 Å². The van der Waals surface area contributed by atoms with Crippen molar-refractivity contribution >= 4 is 5.69 Å². The van der Waals surface area contributed by atoms with Crippen molar-refractivity contribution in [1.29, 1.82) is 0 Å². The molecule has 0 bridgehead atoms. The first-order chi connectivity index (χ1) is 9.78. The van der Waals surface area contributed by atoms with Gasteiger partial charge in [0.2, 0.25) is 0 Å². The van der Waals surface area contributed by atoms with Crippen molar-refractivity contribution in [3.8, 4) is 0 Å². The number of aromatic nitrogens is 1. The van der Waals surface area contributed by atoms with Crippen LogP contribution >= 0.6 is 0 Å². The van der Waals surface area contributed by atoms with Crippen molar-refractivity contribution in [2.75, 3.05) is 31.1 Å².